The SMILES string of the molecule is C#CCNC(=O)c1ccc(=O)[nH]c1. The molecule has 0 aromatic carbocycles. The normalized spacial score (nSPS) is 8.85. The molecular formula is C9H8N2O2. The molecule has 2 N–H and O–H groups in total. The Labute approximate surface area is 75.0 Å². The first kappa shape index (κ1) is 9.07. The quantitative estimate of drug-likeness (QED) is 0.610. The van der Waals surface area contributed by atoms with Gasteiger partial charge in [0.25, 0.3) is 5.91 Å². The Morgan fingerprint density at radius 3 is 2.92 bits per heavy atom. The van der Waals surface area contributed by atoms with Crippen LogP contribution < -0.4 is 10.9 Å². The molecule has 1 amide bonds. The van der Waals surface area contributed by atoms with Crippen LogP contribution in [0.5, 0.6) is 0 Å². The molecule has 0 saturated heterocycles. The maximum Gasteiger partial charge on any atom is 0.253 e. The second-order valence-electron chi connectivity index (χ2n) is 2.33. The summed E-state index contributed by atoms with van der Waals surface area (Å²) in [4.78, 5) is 24.2. The zero-order valence-electron chi connectivity index (χ0n) is 6.83. The van der Waals surface area contributed by atoms with E-state index in [-0.39, 0.29) is 18.0 Å². The molecule has 0 aliphatic carbocycles. The largest absolute Gasteiger partial charge is 0.341 e. The van der Waals surface area contributed by atoms with Crippen LogP contribution >= 0.6 is 0 Å². The van der Waals surface area contributed by atoms with Crippen molar-refractivity contribution in [1.82, 2.24) is 10.3 Å². The van der Waals surface area contributed by atoms with Crippen LogP contribution in [0.1, 0.15) is 10.4 Å². The Kier molecular flexibility index (Phi) is 2.87. The number of terminal acetylenes is 1. The number of nitrogens with one attached hydrogen (secondary N) is 2. The predicted molar refractivity (Wildman–Crippen MR) is 48.2 cm³/mol. The van der Waals surface area contributed by atoms with Crippen LogP contribution in [-0.4, -0.2) is 17.4 Å². The maximum absolute atomic E-state index is 11.2. The smallest absolute Gasteiger partial charge is 0.253 e. The topological polar surface area (TPSA) is 62.0 Å². The zero-order valence-corrected chi connectivity index (χ0v) is 6.83. The number of carbonyl (C=O) groups is 1. The highest BCUT2D eigenvalue weighted by Gasteiger charge is 2.02. The predicted octanol–water partition coefficient (Wildman–Crippen LogP) is -0.262. The van der Waals surface area contributed by atoms with Crippen LogP contribution in [0.15, 0.2) is 23.1 Å². The van der Waals surface area contributed by atoms with Crippen molar-refractivity contribution in [2.75, 3.05) is 6.54 Å². The van der Waals surface area contributed by atoms with E-state index in [1.807, 2.05) is 0 Å². The highest BCUT2D eigenvalue weighted by atomic mass is 16.1. The Morgan fingerprint density at radius 2 is 2.38 bits per heavy atom. The van der Waals surface area contributed by atoms with Gasteiger partial charge in [-0.3, -0.25) is 9.59 Å². The molecule has 66 valence electrons. The number of amides is 1. The fourth-order valence-corrected chi connectivity index (χ4v) is 0.785. The van der Waals surface area contributed by atoms with Crippen LogP contribution in [-0.2, 0) is 0 Å². The van der Waals surface area contributed by atoms with Crippen LogP contribution in [0.2, 0.25) is 0 Å². The van der Waals surface area contributed by atoms with Crippen LogP contribution in [0.4, 0.5) is 0 Å². The Hall–Kier alpha value is -2.02. The third-order valence-corrected chi connectivity index (χ3v) is 1.40. The van der Waals surface area contributed by atoms with E-state index in [2.05, 4.69) is 16.2 Å². The van der Waals surface area contributed by atoms with E-state index in [4.69, 9.17) is 6.42 Å². The molecule has 0 unspecified atom stereocenters. The van der Waals surface area contributed by atoms with Gasteiger partial charge in [-0.15, -0.1) is 6.42 Å². The molecule has 0 atom stereocenters. The van der Waals surface area contributed by atoms with Crippen molar-refractivity contribution in [2.24, 2.45) is 0 Å². The highest BCUT2D eigenvalue weighted by Crippen LogP contribution is 1.91. The molecule has 0 spiro atoms. The summed E-state index contributed by atoms with van der Waals surface area (Å²) in [5, 5.41) is 2.47. The van der Waals surface area contributed by atoms with Gasteiger partial charge in [-0.05, 0) is 6.07 Å². The van der Waals surface area contributed by atoms with Crippen molar-refractivity contribution in [3.63, 3.8) is 0 Å². The summed E-state index contributed by atoms with van der Waals surface area (Å²) in [6.45, 7) is 0.179. The fourth-order valence-electron chi connectivity index (χ4n) is 0.785. The minimum Gasteiger partial charge on any atom is -0.341 e. The fraction of sp³-hybridized carbons (Fsp3) is 0.111. The Morgan fingerprint density at radius 1 is 1.62 bits per heavy atom. The third-order valence-electron chi connectivity index (χ3n) is 1.40. The number of aromatic nitrogens is 1. The third kappa shape index (κ3) is 2.49. The average molecular weight is 176 g/mol. The molecule has 0 bridgehead atoms. The van der Waals surface area contributed by atoms with Gasteiger partial charge in [-0.1, -0.05) is 5.92 Å². The number of hydrogen-bond donors (Lipinski definition) is 2. The molecule has 0 aliphatic heterocycles. The summed E-state index contributed by atoms with van der Waals surface area (Å²) >= 11 is 0. The van der Waals surface area contributed by atoms with Crippen molar-refractivity contribution in [1.29, 1.82) is 0 Å². The van der Waals surface area contributed by atoms with Crippen LogP contribution in [0.3, 0.4) is 0 Å². The molecule has 1 heterocycles. The molecule has 4 nitrogen and oxygen atoms in total. The summed E-state index contributed by atoms with van der Waals surface area (Å²) in [6.07, 6.45) is 6.30. The molecule has 0 saturated carbocycles. The first-order valence-electron chi connectivity index (χ1n) is 3.64. The van der Waals surface area contributed by atoms with Gasteiger partial charge in [0.05, 0.1) is 12.1 Å². The van der Waals surface area contributed by atoms with Gasteiger partial charge in [-0.2, -0.15) is 0 Å². The lowest BCUT2D eigenvalue weighted by Gasteiger charge is -1.99. The highest BCUT2D eigenvalue weighted by molar-refractivity contribution is 5.93. The lowest BCUT2D eigenvalue weighted by Crippen LogP contribution is -2.24. The first-order valence-corrected chi connectivity index (χ1v) is 3.64. The zero-order chi connectivity index (χ0) is 9.68. The summed E-state index contributed by atoms with van der Waals surface area (Å²) in [7, 11) is 0. The van der Waals surface area contributed by atoms with E-state index >= 15 is 0 Å². The van der Waals surface area contributed by atoms with Crippen LogP contribution in [0.25, 0.3) is 0 Å². The lowest BCUT2D eigenvalue weighted by molar-refractivity contribution is 0.0958. The Balaban J connectivity index is 2.73. The van der Waals surface area contributed by atoms with Crippen molar-refractivity contribution < 1.29 is 4.79 Å². The van der Waals surface area contributed by atoms with Crippen molar-refractivity contribution in [3.05, 3.63) is 34.2 Å². The van der Waals surface area contributed by atoms with Gasteiger partial charge in [0.2, 0.25) is 5.56 Å². The van der Waals surface area contributed by atoms with Crippen LogP contribution in [0, 0.1) is 12.3 Å². The van der Waals surface area contributed by atoms with E-state index in [0.29, 0.717) is 5.56 Å². The molecule has 0 fully saturated rings. The molecule has 4 heteroatoms. The number of H-pyrrole nitrogens is 1. The second-order valence-corrected chi connectivity index (χ2v) is 2.33. The second kappa shape index (κ2) is 4.12. The van der Waals surface area contributed by atoms with Crippen molar-refractivity contribution in [3.8, 4) is 12.3 Å². The van der Waals surface area contributed by atoms with Gasteiger partial charge in [0.1, 0.15) is 0 Å². The molecule has 0 radical (unpaired) electrons. The maximum atomic E-state index is 11.2. The summed E-state index contributed by atoms with van der Waals surface area (Å²) in [5.41, 5.74) is 0.142. The van der Waals surface area contributed by atoms with Gasteiger partial charge in [0, 0.05) is 12.3 Å². The minimum absolute atomic E-state index is 0.179. The van der Waals surface area contributed by atoms with E-state index in [1.54, 1.807) is 0 Å². The van der Waals surface area contributed by atoms with Crippen molar-refractivity contribution in [2.45, 2.75) is 0 Å². The number of aromatic amines is 1. The molecular weight excluding hydrogens is 168 g/mol. The van der Waals surface area contributed by atoms with Gasteiger partial charge in [-0.25, -0.2) is 0 Å². The van der Waals surface area contributed by atoms with Crippen molar-refractivity contribution >= 4 is 5.91 Å². The monoisotopic (exact) mass is 176 g/mol. The number of hydrogen-bond acceptors (Lipinski definition) is 2. The molecule has 1 rings (SSSR count). The minimum atomic E-state index is -0.297. The summed E-state index contributed by atoms with van der Waals surface area (Å²) in [6, 6.07) is 2.72. The molecule has 0 aliphatic rings. The average Bonchev–Trinajstić information content (AvgIpc) is 2.15. The van der Waals surface area contributed by atoms with E-state index < -0.39 is 0 Å². The summed E-state index contributed by atoms with van der Waals surface area (Å²) in [5.74, 6) is 1.98. The van der Waals surface area contributed by atoms with Gasteiger partial charge in [0.15, 0.2) is 0 Å². The molecule has 1 aromatic heterocycles. The Bertz CT molecular complexity index is 380. The number of carbonyl (C=O) groups excluding carboxylic acids is 1. The number of pyridine rings is 1. The molecule has 13 heavy (non-hydrogen) atoms. The standard InChI is InChI=1S/C9H8N2O2/c1-2-5-10-9(13)7-3-4-8(12)11-6-7/h1,3-4,6H,5H2,(H,10,13)(H,11,12). The number of rotatable bonds is 2. The summed E-state index contributed by atoms with van der Waals surface area (Å²) < 4.78 is 0. The van der Waals surface area contributed by atoms with Gasteiger partial charge < -0.3 is 10.3 Å². The molecule has 1 aromatic rings. The van der Waals surface area contributed by atoms with E-state index in [9.17, 15) is 9.59 Å². The van der Waals surface area contributed by atoms with E-state index in [0.717, 1.165) is 0 Å². The van der Waals surface area contributed by atoms with Gasteiger partial charge >= 0.3 is 0 Å². The lowest BCUT2D eigenvalue weighted by atomic mass is 10.3. The first-order chi connectivity index (χ1) is 6.24. The van der Waals surface area contributed by atoms with E-state index in [1.165, 1.54) is 18.3 Å².